The lowest BCUT2D eigenvalue weighted by Gasteiger charge is -2.21. The second-order valence-corrected chi connectivity index (χ2v) is 7.05. The highest BCUT2D eigenvalue weighted by atomic mass is 79.9. The second kappa shape index (κ2) is 5.89. The Labute approximate surface area is 136 Å². The fraction of sp³-hybridized carbons (Fsp3) is 0.333. The van der Waals surface area contributed by atoms with Gasteiger partial charge in [0.15, 0.2) is 0 Å². The number of halogens is 3. The normalized spacial score (nSPS) is 11.7. The molecule has 0 bridgehead atoms. The zero-order valence-corrected chi connectivity index (χ0v) is 14.4. The Bertz CT molecular complexity index is 683. The Morgan fingerprint density at radius 3 is 2.52 bits per heavy atom. The smallest absolute Gasteiger partial charge is 0.141 e. The summed E-state index contributed by atoms with van der Waals surface area (Å²) >= 11 is 9.48. The Morgan fingerprint density at radius 2 is 1.95 bits per heavy atom. The summed E-state index contributed by atoms with van der Waals surface area (Å²) in [5.74, 6) is 0.590. The lowest BCUT2D eigenvalue weighted by Crippen LogP contribution is -2.18. The molecule has 0 spiro atoms. The van der Waals surface area contributed by atoms with Gasteiger partial charge in [0.25, 0.3) is 0 Å². The number of nitrogen functional groups attached to an aromatic ring is 1. The van der Waals surface area contributed by atoms with Gasteiger partial charge in [0.1, 0.15) is 17.5 Å². The summed E-state index contributed by atoms with van der Waals surface area (Å²) in [6.45, 7) is 6.15. The second-order valence-electron chi connectivity index (χ2n) is 5.85. The van der Waals surface area contributed by atoms with Crippen molar-refractivity contribution in [3.8, 4) is 0 Å². The first-order valence-electron chi connectivity index (χ1n) is 6.45. The Balaban J connectivity index is 2.43. The van der Waals surface area contributed by atoms with E-state index in [0.717, 1.165) is 11.3 Å². The monoisotopic (exact) mass is 371 g/mol. The van der Waals surface area contributed by atoms with E-state index < -0.39 is 0 Å². The van der Waals surface area contributed by atoms with Crippen LogP contribution in [0.1, 0.15) is 37.9 Å². The molecule has 2 N–H and O–H groups in total. The number of rotatable bonds is 2. The van der Waals surface area contributed by atoms with Crippen LogP contribution in [0.3, 0.4) is 0 Å². The third-order valence-electron chi connectivity index (χ3n) is 3.00. The van der Waals surface area contributed by atoms with E-state index in [2.05, 4.69) is 25.9 Å². The molecular weight excluding hydrogens is 357 g/mol. The van der Waals surface area contributed by atoms with Crippen LogP contribution in [0.4, 0.5) is 10.2 Å². The highest BCUT2D eigenvalue weighted by molar-refractivity contribution is 9.10. The van der Waals surface area contributed by atoms with E-state index in [0.29, 0.717) is 27.6 Å². The van der Waals surface area contributed by atoms with E-state index in [1.54, 1.807) is 6.07 Å². The lowest BCUT2D eigenvalue weighted by molar-refractivity contribution is 0.560. The molecule has 1 aromatic carbocycles. The molecule has 0 fully saturated rings. The van der Waals surface area contributed by atoms with Crippen molar-refractivity contribution < 1.29 is 4.39 Å². The number of nitrogens with zero attached hydrogens (tertiary/aromatic N) is 2. The summed E-state index contributed by atoms with van der Waals surface area (Å²) in [7, 11) is 0. The van der Waals surface area contributed by atoms with Crippen molar-refractivity contribution in [3.05, 3.63) is 50.6 Å². The molecule has 2 rings (SSSR count). The number of anilines is 1. The topological polar surface area (TPSA) is 51.8 Å². The SMILES string of the molecule is CC(C)(C)c1nc(Cc2ccc(F)cc2Cl)nc(N)c1Br. The summed E-state index contributed by atoms with van der Waals surface area (Å²) in [4.78, 5) is 8.85. The van der Waals surface area contributed by atoms with Gasteiger partial charge in [0.05, 0.1) is 10.2 Å². The first kappa shape index (κ1) is 16.2. The maximum absolute atomic E-state index is 13.1. The predicted octanol–water partition coefficient (Wildman–Crippen LogP) is 4.50. The third kappa shape index (κ3) is 3.71. The first-order chi connectivity index (χ1) is 9.68. The Kier molecular flexibility index (Phi) is 4.54. The van der Waals surface area contributed by atoms with Crippen molar-refractivity contribution in [1.82, 2.24) is 9.97 Å². The molecule has 21 heavy (non-hydrogen) atoms. The lowest BCUT2D eigenvalue weighted by atomic mass is 9.91. The summed E-state index contributed by atoms with van der Waals surface area (Å²) in [6.07, 6.45) is 0.402. The third-order valence-corrected chi connectivity index (χ3v) is 4.13. The average molecular weight is 373 g/mol. The molecule has 2 aromatic rings. The predicted molar refractivity (Wildman–Crippen MR) is 87.1 cm³/mol. The molecule has 0 aliphatic carbocycles. The van der Waals surface area contributed by atoms with Gasteiger partial charge in [0.2, 0.25) is 0 Å². The molecule has 0 amide bonds. The quantitative estimate of drug-likeness (QED) is 0.844. The van der Waals surface area contributed by atoms with E-state index in [1.807, 2.05) is 20.8 Å². The summed E-state index contributed by atoms with van der Waals surface area (Å²) in [6, 6.07) is 4.29. The fourth-order valence-corrected chi connectivity index (χ4v) is 2.93. The fourth-order valence-electron chi connectivity index (χ4n) is 1.92. The van der Waals surface area contributed by atoms with E-state index in [9.17, 15) is 4.39 Å². The molecule has 0 aliphatic heterocycles. The zero-order chi connectivity index (χ0) is 15.8. The molecule has 0 saturated heterocycles. The molecule has 112 valence electrons. The van der Waals surface area contributed by atoms with Gasteiger partial charge in [-0.15, -0.1) is 0 Å². The van der Waals surface area contributed by atoms with Crippen LogP contribution in [0, 0.1) is 5.82 Å². The zero-order valence-electron chi connectivity index (χ0n) is 12.0. The average Bonchev–Trinajstić information content (AvgIpc) is 2.35. The first-order valence-corrected chi connectivity index (χ1v) is 7.62. The minimum atomic E-state index is -0.365. The van der Waals surface area contributed by atoms with E-state index in [4.69, 9.17) is 17.3 Å². The van der Waals surface area contributed by atoms with Crippen LogP contribution in [0.25, 0.3) is 0 Å². The minimum absolute atomic E-state index is 0.169. The van der Waals surface area contributed by atoms with Crippen molar-refractivity contribution in [3.63, 3.8) is 0 Å². The molecule has 3 nitrogen and oxygen atoms in total. The van der Waals surface area contributed by atoms with Crippen molar-refractivity contribution in [2.45, 2.75) is 32.6 Å². The number of benzene rings is 1. The van der Waals surface area contributed by atoms with Crippen LogP contribution >= 0.6 is 27.5 Å². The van der Waals surface area contributed by atoms with Crippen LogP contribution < -0.4 is 5.73 Å². The van der Waals surface area contributed by atoms with Crippen LogP contribution in [0.5, 0.6) is 0 Å². The van der Waals surface area contributed by atoms with Gasteiger partial charge in [-0.25, -0.2) is 14.4 Å². The molecule has 0 unspecified atom stereocenters. The molecule has 0 aliphatic rings. The van der Waals surface area contributed by atoms with Crippen LogP contribution in [-0.2, 0) is 11.8 Å². The summed E-state index contributed by atoms with van der Waals surface area (Å²) < 4.78 is 13.8. The molecule has 6 heteroatoms. The van der Waals surface area contributed by atoms with Crippen molar-refractivity contribution in [2.75, 3.05) is 5.73 Å². The summed E-state index contributed by atoms with van der Waals surface area (Å²) in [5.41, 5.74) is 7.37. The van der Waals surface area contributed by atoms with Crippen LogP contribution in [0.2, 0.25) is 5.02 Å². The Morgan fingerprint density at radius 1 is 1.29 bits per heavy atom. The maximum atomic E-state index is 13.1. The van der Waals surface area contributed by atoms with Crippen LogP contribution in [-0.4, -0.2) is 9.97 Å². The molecule has 1 heterocycles. The van der Waals surface area contributed by atoms with Gasteiger partial charge in [0, 0.05) is 16.9 Å². The minimum Gasteiger partial charge on any atom is -0.383 e. The van der Waals surface area contributed by atoms with Crippen molar-refractivity contribution in [2.24, 2.45) is 0 Å². The molecule has 0 atom stereocenters. The molecule has 0 saturated carbocycles. The van der Waals surface area contributed by atoms with Crippen molar-refractivity contribution >= 4 is 33.3 Å². The van der Waals surface area contributed by atoms with E-state index in [1.165, 1.54) is 12.1 Å². The molecular formula is C15H16BrClFN3. The van der Waals surface area contributed by atoms with Gasteiger partial charge in [-0.3, -0.25) is 0 Å². The van der Waals surface area contributed by atoms with Gasteiger partial charge in [-0.2, -0.15) is 0 Å². The van der Waals surface area contributed by atoms with Gasteiger partial charge >= 0.3 is 0 Å². The number of nitrogens with two attached hydrogens (primary N) is 1. The van der Waals surface area contributed by atoms with Crippen LogP contribution in [0.15, 0.2) is 22.7 Å². The number of hydrogen-bond donors (Lipinski definition) is 1. The molecule has 0 radical (unpaired) electrons. The van der Waals surface area contributed by atoms with Gasteiger partial charge < -0.3 is 5.73 Å². The van der Waals surface area contributed by atoms with Crippen molar-refractivity contribution in [1.29, 1.82) is 0 Å². The van der Waals surface area contributed by atoms with E-state index >= 15 is 0 Å². The highest BCUT2D eigenvalue weighted by Crippen LogP contribution is 2.31. The number of aromatic nitrogens is 2. The standard InChI is InChI=1S/C15H16BrClFN3/c1-15(2,3)13-12(16)14(19)21-11(20-13)6-8-4-5-9(18)7-10(8)17/h4-5,7H,6H2,1-3H3,(H2,19,20,21). The highest BCUT2D eigenvalue weighted by Gasteiger charge is 2.22. The van der Waals surface area contributed by atoms with E-state index in [-0.39, 0.29) is 11.2 Å². The maximum Gasteiger partial charge on any atom is 0.141 e. The van der Waals surface area contributed by atoms with Gasteiger partial charge in [-0.1, -0.05) is 38.4 Å². The summed E-state index contributed by atoms with van der Waals surface area (Å²) in [5, 5.41) is 0.359. The molecule has 1 aromatic heterocycles. The largest absolute Gasteiger partial charge is 0.383 e. The van der Waals surface area contributed by atoms with Gasteiger partial charge in [-0.05, 0) is 33.6 Å². The number of hydrogen-bond acceptors (Lipinski definition) is 3. The Hall–Kier alpha value is -1.20.